The van der Waals surface area contributed by atoms with E-state index in [-0.39, 0.29) is 0 Å². The van der Waals surface area contributed by atoms with Crippen molar-refractivity contribution in [3.05, 3.63) is 200 Å². The Bertz CT molecular complexity index is 4290. The topological polar surface area (TPSA) is 98.6 Å². The second-order valence-electron chi connectivity index (χ2n) is 16.6. The van der Waals surface area contributed by atoms with Gasteiger partial charge in [-0.15, -0.1) is 0 Å². The Morgan fingerprint density at radius 3 is 1.48 bits per heavy atom. The molecular formula is C58H32N6O2. The normalized spacial score (nSPS) is 11.9. The summed E-state index contributed by atoms with van der Waals surface area (Å²) in [6, 6.07) is 68.2. The number of hydrogen-bond donors (Lipinski definition) is 0. The molecule has 0 fully saturated rings. The van der Waals surface area contributed by atoms with Crippen LogP contribution < -0.4 is 0 Å². The number of hydrogen-bond acceptors (Lipinski definition) is 6. The molecule has 14 aromatic rings. The van der Waals surface area contributed by atoms with Crippen LogP contribution in [-0.4, -0.2) is 24.1 Å². The van der Waals surface area contributed by atoms with Crippen molar-refractivity contribution < 1.29 is 8.83 Å². The second-order valence-corrected chi connectivity index (χ2v) is 16.6. The predicted molar refractivity (Wildman–Crippen MR) is 264 cm³/mol. The molecule has 5 aromatic heterocycles. The highest BCUT2D eigenvalue weighted by atomic mass is 16.3. The molecule has 5 heterocycles. The van der Waals surface area contributed by atoms with Crippen molar-refractivity contribution in [2.75, 3.05) is 0 Å². The van der Waals surface area contributed by atoms with Crippen LogP contribution in [0, 0.1) is 11.3 Å². The first-order valence-corrected chi connectivity index (χ1v) is 21.8. The first-order chi connectivity index (χ1) is 32.7. The first kappa shape index (κ1) is 36.2. The van der Waals surface area contributed by atoms with E-state index in [1.807, 2.05) is 109 Å². The number of para-hydroxylation sites is 5. The number of benzene rings is 9. The Balaban J connectivity index is 1.19. The minimum absolute atomic E-state index is 0.377. The monoisotopic (exact) mass is 844 g/mol. The summed E-state index contributed by atoms with van der Waals surface area (Å²) in [5.74, 6) is 1.38. The molecule has 8 heteroatoms. The van der Waals surface area contributed by atoms with Crippen LogP contribution >= 0.6 is 0 Å². The van der Waals surface area contributed by atoms with Gasteiger partial charge in [-0.3, -0.25) is 0 Å². The number of fused-ring (bicyclic) bond motifs is 15. The van der Waals surface area contributed by atoms with Gasteiger partial charge in [-0.1, -0.05) is 152 Å². The Kier molecular flexibility index (Phi) is 7.59. The highest BCUT2D eigenvalue weighted by Crippen LogP contribution is 2.51. The van der Waals surface area contributed by atoms with Gasteiger partial charge in [0.15, 0.2) is 23.1 Å². The molecule has 0 bridgehead atoms. The van der Waals surface area contributed by atoms with Gasteiger partial charge in [0.05, 0.1) is 50.2 Å². The maximum atomic E-state index is 11.5. The molecule has 0 saturated heterocycles. The molecule has 8 nitrogen and oxygen atoms in total. The van der Waals surface area contributed by atoms with Gasteiger partial charge in [0.1, 0.15) is 16.7 Å². The van der Waals surface area contributed by atoms with Crippen LogP contribution in [0.25, 0.3) is 133 Å². The van der Waals surface area contributed by atoms with Crippen LogP contribution in [0.4, 0.5) is 0 Å². The molecule has 0 saturated carbocycles. The lowest BCUT2D eigenvalue weighted by Gasteiger charge is -2.15. The molecule has 0 unspecified atom stereocenters. The van der Waals surface area contributed by atoms with Crippen LogP contribution in [0.2, 0.25) is 0 Å². The minimum atomic E-state index is 0.377. The third-order valence-corrected chi connectivity index (χ3v) is 13.0. The van der Waals surface area contributed by atoms with E-state index in [1.165, 1.54) is 0 Å². The van der Waals surface area contributed by atoms with E-state index in [0.29, 0.717) is 45.5 Å². The van der Waals surface area contributed by atoms with Gasteiger partial charge >= 0.3 is 0 Å². The zero-order valence-electron chi connectivity index (χ0n) is 35.0. The molecule has 0 aliphatic rings. The average molecular weight is 845 g/mol. The van der Waals surface area contributed by atoms with Crippen molar-refractivity contribution in [1.82, 2.24) is 24.1 Å². The van der Waals surface area contributed by atoms with E-state index in [4.69, 9.17) is 23.8 Å². The third-order valence-electron chi connectivity index (χ3n) is 13.0. The molecular weight excluding hydrogens is 813 g/mol. The van der Waals surface area contributed by atoms with Crippen LogP contribution in [-0.2, 0) is 0 Å². The van der Waals surface area contributed by atoms with Gasteiger partial charge in [-0.2, -0.15) is 5.26 Å². The fourth-order valence-electron chi connectivity index (χ4n) is 10.3. The molecule has 0 spiro atoms. The fourth-order valence-corrected chi connectivity index (χ4v) is 10.3. The summed E-state index contributed by atoms with van der Waals surface area (Å²) in [6.07, 6.45) is 0. The van der Waals surface area contributed by atoms with Crippen molar-refractivity contribution in [3.63, 3.8) is 0 Å². The van der Waals surface area contributed by atoms with Crippen LogP contribution in [0.3, 0.4) is 0 Å². The third kappa shape index (κ3) is 5.05. The van der Waals surface area contributed by atoms with E-state index in [1.54, 1.807) is 0 Å². The van der Waals surface area contributed by atoms with Crippen molar-refractivity contribution in [3.8, 4) is 51.6 Å². The van der Waals surface area contributed by atoms with E-state index in [2.05, 4.69) is 100 Å². The SMILES string of the molecule is N#Cc1cc(-n2c3ccccc3c3c4c(c5ccccc5n4-c4ccccc4)c4oc5ccccc5c4c32)c2oc3ccccc3c2c1-c1nc(-c2ccccc2)nc(-c2ccccc2)n1. The number of rotatable bonds is 5. The van der Waals surface area contributed by atoms with Crippen LogP contribution in [0.1, 0.15) is 5.56 Å². The molecule has 0 radical (unpaired) electrons. The number of furan rings is 2. The van der Waals surface area contributed by atoms with Gasteiger partial charge in [-0.05, 0) is 42.5 Å². The summed E-state index contributed by atoms with van der Waals surface area (Å²) < 4.78 is 18.8. The maximum absolute atomic E-state index is 11.5. The molecule has 66 heavy (non-hydrogen) atoms. The molecule has 14 rings (SSSR count). The van der Waals surface area contributed by atoms with Gasteiger partial charge in [0.25, 0.3) is 0 Å². The molecule has 0 aliphatic heterocycles. The average Bonchev–Trinajstić information content (AvgIpc) is 4.15. The van der Waals surface area contributed by atoms with Crippen LogP contribution in [0.5, 0.6) is 0 Å². The molecule has 9 aromatic carbocycles. The maximum Gasteiger partial charge on any atom is 0.166 e. The quantitative estimate of drug-likeness (QED) is 0.171. The van der Waals surface area contributed by atoms with E-state index >= 15 is 0 Å². The summed E-state index contributed by atoms with van der Waals surface area (Å²) in [4.78, 5) is 15.3. The standard InChI is InChI=1S/C58H32N6O2/c59-33-36-32-44(54-48(40-26-12-16-30-45(40)65-54)47(36)58-61-56(34-18-4-1-5-19-34)60-57(62-58)35-20-6-2-7-21-35)64-43-29-15-10-24-38(43)49-52-50(55-51(53(49)64)41-27-13-17-31-46(41)66-55)39-25-11-14-28-42(39)63(52)37-22-8-3-9-23-37/h1-32H. The summed E-state index contributed by atoms with van der Waals surface area (Å²) in [5, 5.41) is 19.2. The molecule has 0 aliphatic carbocycles. The highest BCUT2D eigenvalue weighted by molar-refractivity contribution is 6.39. The smallest absolute Gasteiger partial charge is 0.166 e. The first-order valence-electron chi connectivity index (χ1n) is 21.8. The molecule has 0 amide bonds. The number of nitrogens with zero attached hydrogens (tertiary/aromatic N) is 6. The van der Waals surface area contributed by atoms with E-state index in [9.17, 15) is 5.26 Å². The van der Waals surface area contributed by atoms with Crippen molar-refractivity contribution in [2.45, 2.75) is 0 Å². The molecule has 306 valence electrons. The van der Waals surface area contributed by atoms with Gasteiger partial charge in [0.2, 0.25) is 0 Å². The predicted octanol–water partition coefficient (Wildman–Crippen LogP) is 14.7. The number of aromatic nitrogens is 5. The van der Waals surface area contributed by atoms with Gasteiger partial charge in [0, 0.05) is 54.7 Å². The lowest BCUT2D eigenvalue weighted by molar-refractivity contribution is 0.666. The Labute approximate surface area is 375 Å². The zero-order chi connectivity index (χ0) is 43.5. The fraction of sp³-hybridized carbons (Fsp3) is 0. The summed E-state index contributed by atoms with van der Waals surface area (Å²) >= 11 is 0. The Morgan fingerprint density at radius 1 is 0.409 bits per heavy atom. The van der Waals surface area contributed by atoms with Crippen molar-refractivity contribution in [2.24, 2.45) is 0 Å². The Morgan fingerprint density at radius 2 is 0.864 bits per heavy atom. The lowest BCUT2D eigenvalue weighted by atomic mass is 9.98. The van der Waals surface area contributed by atoms with E-state index in [0.717, 1.165) is 93.1 Å². The van der Waals surface area contributed by atoms with E-state index < -0.39 is 0 Å². The molecule has 0 atom stereocenters. The highest BCUT2D eigenvalue weighted by Gasteiger charge is 2.31. The van der Waals surface area contributed by atoms with Crippen molar-refractivity contribution in [1.29, 1.82) is 5.26 Å². The summed E-state index contributed by atoms with van der Waals surface area (Å²) in [6.45, 7) is 0. The van der Waals surface area contributed by atoms with Gasteiger partial charge < -0.3 is 18.0 Å². The lowest BCUT2D eigenvalue weighted by Crippen LogP contribution is -2.03. The zero-order valence-corrected chi connectivity index (χ0v) is 35.0. The largest absolute Gasteiger partial charge is 0.455 e. The second kappa shape index (κ2) is 13.8. The minimum Gasteiger partial charge on any atom is -0.455 e. The Hall–Kier alpha value is -9.32. The van der Waals surface area contributed by atoms with Gasteiger partial charge in [-0.25, -0.2) is 15.0 Å². The number of nitriles is 1. The molecule has 0 N–H and O–H groups in total. The van der Waals surface area contributed by atoms with Crippen molar-refractivity contribution >= 4 is 87.5 Å². The summed E-state index contributed by atoms with van der Waals surface area (Å²) in [5.41, 5.74) is 11.2. The van der Waals surface area contributed by atoms with Crippen LogP contribution in [0.15, 0.2) is 203 Å². The summed E-state index contributed by atoms with van der Waals surface area (Å²) in [7, 11) is 0.